The fourth-order valence-electron chi connectivity index (χ4n) is 3.43. The molecule has 0 radical (unpaired) electrons. The van der Waals surface area contributed by atoms with Crippen LogP contribution in [0.15, 0.2) is 27.5 Å². The number of nitrogens with zero attached hydrogens (tertiary/aromatic N) is 2. The minimum absolute atomic E-state index is 0.172. The molecule has 1 aliphatic rings. The highest BCUT2D eigenvalue weighted by Crippen LogP contribution is 2.41. The van der Waals surface area contributed by atoms with E-state index < -0.39 is 29.0 Å². The van der Waals surface area contributed by atoms with Gasteiger partial charge in [-0.05, 0) is 38.5 Å². The first-order chi connectivity index (χ1) is 14.2. The van der Waals surface area contributed by atoms with E-state index in [0.29, 0.717) is 30.2 Å². The predicted octanol–water partition coefficient (Wildman–Crippen LogP) is 2.39. The minimum Gasteiger partial charge on any atom is -0.530 e. The molecule has 0 saturated heterocycles. The van der Waals surface area contributed by atoms with Gasteiger partial charge in [0.1, 0.15) is 23.5 Å². The van der Waals surface area contributed by atoms with E-state index >= 15 is 0 Å². The zero-order valence-electron chi connectivity index (χ0n) is 17.3. The molecule has 1 aromatic carbocycles. The average Bonchev–Trinajstić information content (AvgIpc) is 3.07. The standard InChI is InChI=1S/C19H23F3N4O5/c1-17(2,14-24-15(27)31-25-14)8-11-9-23-12-7-10(5-6-13(12)30-11)26(16(28)29)18(3,4)19(20,21)22/h5-7,11,23H,8-9H2,1-4H3,(H,28,29)(H,24,25,27)/p-1/t11-/m1/s1. The van der Waals surface area contributed by atoms with Crippen LogP contribution in [0.3, 0.4) is 0 Å². The molecule has 170 valence electrons. The Morgan fingerprint density at radius 1 is 1.29 bits per heavy atom. The summed E-state index contributed by atoms with van der Waals surface area (Å²) in [6, 6.07) is 3.90. The lowest BCUT2D eigenvalue weighted by Gasteiger charge is -2.42. The fraction of sp³-hybridized carbons (Fsp3) is 0.526. The molecule has 1 aliphatic heterocycles. The second-order valence-electron chi connectivity index (χ2n) is 8.49. The summed E-state index contributed by atoms with van der Waals surface area (Å²) >= 11 is 0. The number of carbonyl (C=O) groups is 1. The summed E-state index contributed by atoms with van der Waals surface area (Å²) in [6.45, 7) is 5.52. The van der Waals surface area contributed by atoms with Gasteiger partial charge in [0, 0.05) is 11.1 Å². The third-order valence-electron chi connectivity index (χ3n) is 5.29. The number of aromatic amines is 1. The maximum Gasteiger partial charge on any atom is 0.438 e. The van der Waals surface area contributed by atoms with Crippen LogP contribution in [0.25, 0.3) is 0 Å². The Morgan fingerprint density at radius 2 is 1.97 bits per heavy atom. The topological polar surface area (TPSA) is 124 Å². The molecule has 0 saturated carbocycles. The Kier molecular flexibility index (Phi) is 5.45. The van der Waals surface area contributed by atoms with Crippen molar-refractivity contribution in [3.63, 3.8) is 0 Å². The molecule has 1 amide bonds. The van der Waals surface area contributed by atoms with Gasteiger partial charge < -0.3 is 24.9 Å². The number of anilines is 2. The van der Waals surface area contributed by atoms with Gasteiger partial charge in [-0.25, -0.2) is 4.79 Å². The zero-order valence-corrected chi connectivity index (χ0v) is 17.3. The van der Waals surface area contributed by atoms with Crippen molar-refractivity contribution in [3.05, 3.63) is 34.6 Å². The van der Waals surface area contributed by atoms with E-state index in [1.165, 1.54) is 18.2 Å². The second-order valence-corrected chi connectivity index (χ2v) is 8.49. The molecule has 12 heteroatoms. The maximum atomic E-state index is 13.4. The lowest BCUT2D eigenvalue weighted by Crippen LogP contribution is -2.60. The van der Waals surface area contributed by atoms with Crippen molar-refractivity contribution < 1.29 is 32.3 Å². The summed E-state index contributed by atoms with van der Waals surface area (Å²) in [5, 5.41) is 18.3. The number of rotatable bonds is 5. The van der Waals surface area contributed by atoms with Gasteiger partial charge in [0.05, 0.1) is 12.2 Å². The summed E-state index contributed by atoms with van der Waals surface area (Å²) in [7, 11) is 0. The van der Waals surface area contributed by atoms with Crippen molar-refractivity contribution in [2.45, 2.75) is 57.3 Å². The van der Waals surface area contributed by atoms with Crippen LogP contribution in [0.2, 0.25) is 0 Å². The second kappa shape index (κ2) is 7.50. The van der Waals surface area contributed by atoms with Crippen molar-refractivity contribution in [3.8, 4) is 5.75 Å². The number of nitrogens with one attached hydrogen (secondary N) is 2. The molecule has 2 N–H and O–H groups in total. The fourth-order valence-corrected chi connectivity index (χ4v) is 3.43. The highest BCUT2D eigenvalue weighted by Gasteiger charge is 2.52. The summed E-state index contributed by atoms with van der Waals surface area (Å²) in [5.74, 6) is 0.0525. The predicted molar refractivity (Wildman–Crippen MR) is 102 cm³/mol. The maximum absolute atomic E-state index is 13.4. The summed E-state index contributed by atoms with van der Waals surface area (Å²) in [4.78, 5) is 25.4. The molecular weight excluding hydrogens is 421 g/mol. The Labute approximate surface area is 175 Å². The first-order valence-corrected chi connectivity index (χ1v) is 9.41. The van der Waals surface area contributed by atoms with E-state index in [4.69, 9.17) is 4.74 Å². The lowest BCUT2D eigenvalue weighted by atomic mass is 9.85. The van der Waals surface area contributed by atoms with Gasteiger partial charge in [-0.3, -0.25) is 9.51 Å². The number of aromatic nitrogens is 2. The number of amides is 1. The number of benzene rings is 1. The number of fused-ring (bicyclic) bond motifs is 1. The molecule has 0 bridgehead atoms. The summed E-state index contributed by atoms with van der Waals surface area (Å²) in [6.07, 6.45) is -6.70. The monoisotopic (exact) mass is 443 g/mol. The smallest absolute Gasteiger partial charge is 0.438 e. The van der Waals surface area contributed by atoms with E-state index in [0.717, 1.165) is 13.8 Å². The van der Waals surface area contributed by atoms with E-state index in [1.54, 1.807) is 0 Å². The highest BCUT2D eigenvalue weighted by atomic mass is 19.4. The molecule has 0 spiro atoms. The van der Waals surface area contributed by atoms with Gasteiger partial charge in [-0.1, -0.05) is 19.0 Å². The van der Waals surface area contributed by atoms with Crippen molar-refractivity contribution >= 4 is 17.5 Å². The summed E-state index contributed by atoms with van der Waals surface area (Å²) in [5.41, 5.74) is -3.13. The molecule has 2 aromatic rings. The van der Waals surface area contributed by atoms with Crippen molar-refractivity contribution in [2.75, 3.05) is 16.8 Å². The number of carboxylic acid groups (broad SMARTS) is 1. The average molecular weight is 443 g/mol. The van der Waals surface area contributed by atoms with Gasteiger partial charge in [0.25, 0.3) is 0 Å². The number of halogens is 3. The van der Waals surface area contributed by atoms with E-state index in [1.807, 2.05) is 13.8 Å². The molecule has 31 heavy (non-hydrogen) atoms. The van der Waals surface area contributed by atoms with Gasteiger partial charge in [0.15, 0.2) is 5.82 Å². The number of ether oxygens (including phenoxy) is 1. The minimum atomic E-state index is -4.81. The van der Waals surface area contributed by atoms with Crippen LogP contribution in [0, 0.1) is 0 Å². The van der Waals surface area contributed by atoms with Crippen LogP contribution in [0.1, 0.15) is 39.9 Å². The number of H-pyrrole nitrogens is 1. The van der Waals surface area contributed by atoms with Crippen molar-refractivity contribution in [2.24, 2.45) is 0 Å². The molecule has 1 aromatic heterocycles. The molecule has 3 rings (SSSR count). The van der Waals surface area contributed by atoms with Crippen LogP contribution in [-0.4, -0.2) is 40.6 Å². The van der Waals surface area contributed by atoms with E-state index in [-0.39, 0.29) is 16.7 Å². The number of carbonyl (C=O) groups excluding carboxylic acids is 1. The van der Waals surface area contributed by atoms with Crippen LogP contribution >= 0.6 is 0 Å². The van der Waals surface area contributed by atoms with Crippen molar-refractivity contribution in [1.29, 1.82) is 0 Å². The highest BCUT2D eigenvalue weighted by molar-refractivity contribution is 5.88. The first-order valence-electron chi connectivity index (χ1n) is 9.41. The van der Waals surface area contributed by atoms with Gasteiger partial charge >= 0.3 is 11.9 Å². The van der Waals surface area contributed by atoms with Gasteiger partial charge in [-0.2, -0.15) is 13.2 Å². The normalized spacial score (nSPS) is 16.8. The summed E-state index contributed by atoms with van der Waals surface area (Å²) < 4.78 is 50.7. The third kappa shape index (κ3) is 4.32. The number of alkyl halides is 3. The van der Waals surface area contributed by atoms with E-state index in [9.17, 15) is 27.9 Å². The van der Waals surface area contributed by atoms with E-state index in [2.05, 4.69) is 20.0 Å². The number of hydrogen-bond acceptors (Lipinski definition) is 7. The quantitative estimate of drug-likeness (QED) is 0.727. The zero-order chi connectivity index (χ0) is 23.2. The molecule has 0 unspecified atom stereocenters. The van der Waals surface area contributed by atoms with Crippen LogP contribution in [0.4, 0.5) is 29.3 Å². The SMILES string of the molecule is CC(C)(C[C@@H]1CNc2cc(N(C(=O)[O-])C(C)(C)C(F)(F)F)ccc2O1)c1noc(=O)[nH]1. The van der Waals surface area contributed by atoms with Crippen LogP contribution in [-0.2, 0) is 5.41 Å². The molecule has 9 nitrogen and oxygen atoms in total. The van der Waals surface area contributed by atoms with Crippen molar-refractivity contribution in [1.82, 2.24) is 10.1 Å². The largest absolute Gasteiger partial charge is 0.530 e. The molecule has 0 fully saturated rings. The Morgan fingerprint density at radius 3 is 2.52 bits per heavy atom. The third-order valence-corrected chi connectivity index (χ3v) is 5.29. The molecule has 2 heterocycles. The molecule has 0 aliphatic carbocycles. The van der Waals surface area contributed by atoms with Crippen LogP contribution < -0.4 is 25.8 Å². The van der Waals surface area contributed by atoms with Crippen LogP contribution in [0.5, 0.6) is 5.75 Å². The lowest BCUT2D eigenvalue weighted by molar-refractivity contribution is -0.254. The molecule has 1 atom stereocenters. The Balaban J connectivity index is 1.82. The number of hydrogen-bond donors (Lipinski definition) is 2. The van der Waals surface area contributed by atoms with Gasteiger partial charge in [0.2, 0.25) is 0 Å². The Bertz CT molecular complexity index is 1030. The Hall–Kier alpha value is -3.18. The van der Waals surface area contributed by atoms with Gasteiger partial charge in [-0.15, -0.1) is 0 Å². The first kappa shape index (κ1) is 22.5. The molecular formula is C19H22F3N4O5-.